The highest BCUT2D eigenvalue weighted by Gasteiger charge is 2.30. The van der Waals surface area contributed by atoms with Crippen molar-refractivity contribution >= 4 is 15.4 Å². The summed E-state index contributed by atoms with van der Waals surface area (Å²) in [4.78, 5) is 17.9. The average molecular weight is 486 g/mol. The Morgan fingerprint density at radius 3 is 2.26 bits per heavy atom. The highest BCUT2D eigenvalue weighted by molar-refractivity contribution is 7.91. The predicted molar refractivity (Wildman–Crippen MR) is 134 cm³/mol. The molecule has 5 aromatic rings. The van der Waals surface area contributed by atoms with E-state index in [1.165, 1.54) is 21.5 Å². The van der Waals surface area contributed by atoms with Gasteiger partial charge in [-0.15, -0.1) is 0 Å². The highest BCUT2D eigenvalue weighted by atomic mass is 32.2. The van der Waals surface area contributed by atoms with Crippen molar-refractivity contribution in [1.82, 2.24) is 14.0 Å². The van der Waals surface area contributed by atoms with Crippen molar-refractivity contribution in [3.63, 3.8) is 0 Å². The van der Waals surface area contributed by atoms with Crippen molar-refractivity contribution in [2.24, 2.45) is 0 Å². The Morgan fingerprint density at radius 1 is 0.914 bits per heavy atom. The van der Waals surface area contributed by atoms with Crippen LogP contribution in [0.15, 0.2) is 106 Å². The van der Waals surface area contributed by atoms with Gasteiger partial charge >= 0.3 is 0 Å². The number of sulfone groups is 1. The highest BCUT2D eigenvalue weighted by Crippen LogP contribution is 2.33. The van der Waals surface area contributed by atoms with Gasteiger partial charge < -0.3 is 4.74 Å². The van der Waals surface area contributed by atoms with Crippen molar-refractivity contribution in [3.05, 3.63) is 113 Å². The number of benzene rings is 3. The van der Waals surface area contributed by atoms with E-state index in [-0.39, 0.29) is 33.2 Å². The molecule has 0 aliphatic rings. The maximum absolute atomic E-state index is 14.1. The van der Waals surface area contributed by atoms with E-state index in [1.54, 1.807) is 55.6 Å². The van der Waals surface area contributed by atoms with Gasteiger partial charge in [-0.1, -0.05) is 48.0 Å². The first-order valence-corrected chi connectivity index (χ1v) is 12.5. The molecule has 7 nitrogen and oxygen atoms in total. The van der Waals surface area contributed by atoms with Crippen molar-refractivity contribution in [1.29, 1.82) is 0 Å². The number of hydrogen-bond donors (Lipinski definition) is 0. The van der Waals surface area contributed by atoms with E-state index < -0.39 is 9.84 Å². The maximum atomic E-state index is 14.1. The molecule has 0 amide bonds. The predicted octanol–water partition coefficient (Wildman–Crippen LogP) is 4.36. The average Bonchev–Trinajstić information content (AvgIpc) is 3.36. The lowest BCUT2D eigenvalue weighted by molar-refractivity contribution is 0.415. The second-order valence-corrected chi connectivity index (χ2v) is 10.1. The molecule has 0 fully saturated rings. The van der Waals surface area contributed by atoms with E-state index in [2.05, 4.69) is 4.98 Å². The number of hydrogen-bond acceptors (Lipinski definition) is 5. The summed E-state index contributed by atoms with van der Waals surface area (Å²) in [5.74, 6) is 0.623. The number of methoxy groups -OCH3 is 1. The number of rotatable bonds is 6. The van der Waals surface area contributed by atoms with Crippen molar-refractivity contribution in [2.45, 2.75) is 23.4 Å². The Bertz CT molecular complexity index is 1670. The van der Waals surface area contributed by atoms with Crippen LogP contribution in [0, 0.1) is 6.92 Å². The molecule has 8 heteroatoms. The molecule has 0 radical (unpaired) electrons. The van der Waals surface area contributed by atoms with Crippen LogP contribution in [0.3, 0.4) is 0 Å². The maximum Gasteiger partial charge on any atom is 0.277 e. The van der Waals surface area contributed by atoms with Gasteiger partial charge in [0, 0.05) is 5.56 Å². The quantitative estimate of drug-likeness (QED) is 0.357. The Labute approximate surface area is 202 Å². The fourth-order valence-corrected chi connectivity index (χ4v) is 5.72. The van der Waals surface area contributed by atoms with Crippen LogP contribution in [-0.4, -0.2) is 29.5 Å². The Kier molecular flexibility index (Phi) is 5.74. The van der Waals surface area contributed by atoms with Gasteiger partial charge in [-0.2, -0.15) is 0 Å². The summed E-state index contributed by atoms with van der Waals surface area (Å²) in [6.45, 7) is 2.09. The molecule has 2 aromatic heterocycles. The van der Waals surface area contributed by atoms with Gasteiger partial charge in [0.25, 0.3) is 5.56 Å². The molecule has 0 aliphatic heterocycles. The van der Waals surface area contributed by atoms with Gasteiger partial charge in [-0.3, -0.25) is 13.8 Å². The summed E-state index contributed by atoms with van der Waals surface area (Å²) in [5.41, 5.74) is 2.52. The lowest BCUT2D eigenvalue weighted by Gasteiger charge is -2.20. The SMILES string of the molecule is COc1ccc(-c2c(S(=O)(=O)c3ccc(C)cc3)n3cncc3c(=O)n2Cc2ccccc2)cc1. The van der Waals surface area contributed by atoms with Crippen molar-refractivity contribution in [2.75, 3.05) is 7.11 Å². The fraction of sp³-hybridized carbons (Fsp3) is 0.111. The first-order chi connectivity index (χ1) is 16.9. The molecule has 0 saturated heterocycles. The van der Waals surface area contributed by atoms with Crippen molar-refractivity contribution < 1.29 is 13.2 Å². The fourth-order valence-electron chi connectivity index (χ4n) is 4.12. The summed E-state index contributed by atoms with van der Waals surface area (Å²) in [6.07, 6.45) is 2.77. The largest absolute Gasteiger partial charge is 0.497 e. The standard InChI is InChI=1S/C27H23N3O4S/c1-19-8-14-23(15-9-19)35(32,33)27-25(21-10-12-22(34-2)13-11-21)29(17-20-6-4-3-5-7-20)26(31)24-16-28-18-30(24)27/h3-16,18H,17H2,1-2H3. The number of imidazole rings is 1. The molecule has 0 bridgehead atoms. The Hall–Kier alpha value is -4.17. The minimum Gasteiger partial charge on any atom is -0.497 e. The zero-order valence-corrected chi connectivity index (χ0v) is 20.1. The summed E-state index contributed by atoms with van der Waals surface area (Å²) in [5, 5.41) is -0.0189. The van der Waals surface area contributed by atoms with E-state index in [0.717, 1.165) is 11.1 Å². The van der Waals surface area contributed by atoms with Crippen LogP contribution in [0.1, 0.15) is 11.1 Å². The van der Waals surface area contributed by atoms with Crippen LogP contribution in [0.5, 0.6) is 5.75 Å². The summed E-state index contributed by atoms with van der Waals surface area (Å²) in [6, 6.07) is 23.1. The van der Waals surface area contributed by atoms with Crippen LogP contribution < -0.4 is 10.3 Å². The molecule has 0 saturated carbocycles. The van der Waals surface area contributed by atoms with Gasteiger partial charge in [0.1, 0.15) is 17.6 Å². The molecule has 0 unspecified atom stereocenters. The molecule has 2 heterocycles. The second-order valence-electron chi connectivity index (χ2n) is 8.22. The molecular formula is C27H23N3O4S. The molecule has 0 spiro atoms. The molecule has 0 aliphatic carbocycles. The Balaban J connectivity index is 1.89. The lowest BCUT2D eigenvalue weighted by Crippen LogP contribution is -2.28. The third-order valence-corrected chi connectivity index (χ3v) is 7.72. The van der Waals surface area contributed by atoms with Crippen LogP contribution in [-0.2, 0) is 16.4 Å². The van der Waals surface area contributed by atoms with Gasteiger partial charge in [0.15, 0.2) is 5.03 Å². The third-order valence-electron chi connectivity index (χ3n) is 5.93. The molecular weight excluding hydrogens is 462 g/mol. The Morgan fingerprint density at radius 2 is 1.60 bits per heavy atom. The number of nitrogens with zero attached hydrogens (tertiary/aromatic N) is 3. The minimum atomic E-state index is -4.05. The van der Waals surface area contributed by atoms with Crippen LogP contribution in [0.25, 0.3) is 16.8 Å². The third kappa shape index (κ3) is 4.02. The minimum absolute atomic E-state index is 0.0189. The first kappa shape index (κ1) is 22.6. The second kappa shape index (κ2) is 8.88. The molecule has 0 atom stereocenters. The number of ether oxygens (including phenoxy) is 1. The van der Waals surface area contributed by atoms with Gasteiger partial charge in [0.2, 0.25) is 9.84 Å². The molecule has 5 rings (SSSR count). The van der Waals surface area contributed by atoms with Crippen molar-refractivity contribution in [3.8, 4) is 17.0 Å². The van der Waals surface area contributed by atoms with E-state index in [4.69, 9.17) is 4.74 Å². The summed E-state index contributed by atoms with van der Waals surface area (Å²) in [7, 11) is -2.49. The summed E-state index contributed by atoms with van der Waals surface area (Å²) < 4.78 is 36.4. The normalized spacial score (nSPS) is 11.6. The van der Waals surface area contributed by atoms with Gasteiger partial charge in [-0.05, 0) is 48.9 Å². The van der Waals surface area contributed by atoms with Gasteiger partial charge in [-0.25, -0.2) is 13.4 Å². The number of aryl methyl sites for hydroxylation is 1. The van der Waals surface area contributed by atoms with Crippen LogP contribution in [0.4, 0.5) is 0 Å². The summed E-state index contributed by atoms with van der Waals surface area (Å²) >= 11 is 0. The zero-order valence-electron chi connectivity index (χ0n) is 19.3. The van der Waals surface area contributed by atoms with E-state index >= 15 is 0 Å². The zero-order chi connectivity index (χ0) is 24.6. The lowest BCUT2D eigenvalue weighted by atomic mass is 10.1. The van der Waals surface area contributed by atoms with E-state index in [0.29, 0.717) is 11.3 Å². The molecule has 3 aromatic carbocycles. The van der Waals surface area contributed by atoms with Crippen LogP contribution >= 0.6 is 0 Å². The van der Waals surface area contributed by atoms with E-state index in [1.807, 2.05) is 37.3 Å². The van der Waals surface area contributed by atoms with Gasteiger partial charge in [0.05, 0.1) is 30.4 Å². The molecule has 176 valence electrons. The molecule has 0 N–H and O–H groups in total. The smallest absolute Gasteiger partial charge is 0.277 e. The van der Waals surface area contributed by atoms with Crippen LogP contribution in [0.2, 0.25) is 0 Å². The first-order valence-electron chi connectivity index (χ1n) is 11.0. The number of fused-ring (bicyclic) bond motifs is 1. The molecule has 35 heavy (non-hydrogen) atoms. The number of aromatic nitrogens is 3. The monoisotopic (exact) mass is 485 g/mol. The van der Waals surface area contributed by atoms with E-state index in [9.17, 15) is 13.2 Å². The topological polar surface area (TPSA) is 82.7 Å².